The van der Waals surface area contributed by atoms with Crippen LogP contribution in [0.2, 0.25) is 5.02 Å². The summed E-state index contributed by atoms with van der Waals surface area (Å²) in [7, 11) is 0. The molecule has 4 rings (SSSR count). The molecule has 0 aromatic heterocycles. The summed E-state index contributed by atoms with van der Waals surface area (Å²) in [6, 6.07) is 31.6. The molecule has 0 fully saturated rings. The van der Waals surface area contributed by atoms with Crippen molar-refractivity contribution in [1.29, 1.82) is 0 Å². The highest BCUT2D eigenvalue weighted by molar-refractivity contribution is 6.30. The molecule has 0 radical (unpaired) electrons. The van der Waals surface area contributed by atoms with Crippen LogP contribution in [0.4, 0.5) is 5.69 Å². The molecule has 6 heteroatoms. The maximum absolute atomic E-state index is 13.1. The summed E-state index contributed by atoms with van der Waals surface area (Å²) in [5.41, 5.74) is 3.04. The fraction of sp³-hybridized carbons (Fsp3) is 0. The van der Waals surface area contributed by atoms with Gasteiger partial charge in [0.1, 0.15) is 5.70 Å². The first-order valence-corrected chi connectivity index (χ1v) is 11.9. The highest BCUT2D eigenvalue weighted by atomic mass is 35.5. The Hall–Kier alpha value is -4.74. The number of ketones is 1. The van der Waals surface area contributed by atoms with Crippen LogP contribution in [0, 0.1) is 0 Å². The molecule has 0 heterocycles. The summed E-state index contributed by atoms with van der Waals surface area (Å²) in [6.45, 7) is 0. The molecule has 0 unspecified atom stereocenters. The van der Waals surface area contributed by atoms with Gasteiger partial charge in [-0.1, -0.05) is 78.3 Å². The van der Waals surface area contributed by atoms with E-state index in [2.05, 4.69) is 10.6 Å². The van der Waals surface area contributed by atoms with Gasteiger partial charge in [0.25, 0.3) is 11.8 Å². The van der Waals surface area contributed by atoms with Gasteiger partial charge < -0.3 is 10.6 Å². The number of anilines is 1. The van der Waals surface area contributed by atoms with Crippen LogP contribution in [-0.4, -0.2) is 17.6 Å². The molecule has 0 atom stereocenters. The first-order chi connectivity index (χ1) is 18.0. The van der Waals surface area contributed by atoms with Crippen molar-refractivity contribution < 1.29 is 14.4 Å². The van der Waals surface area contributed by atoms with E-state index in [-0.39, 0.29) is 11.5 Å². The zero-order chi connectivity index (χ0) is 26.0. The second kappa shape index (κ2) is 12.3. The molecule has 4 aromatic rings. The molecular formula is C31H23ClN2O3. The van der Waals surface area contributed by atoms with Gasteiger partial charge in [0.15, 0.2) is 5.78 Å². The fourth-order valence-electron chi connectivity index (χ4n) is 3.45. The van der Waals surface area contributed by atoms with E-state index in [0.717, 1.165) is 11.1 Å². The van der Waals surface area contributed by atoms with Crippen molar-refractivity contribution in [2.75, 3.05) is 5.32 Å². The van der Waals surface area contributed by atoms with Gasteiger partial charge in [0.2, 0.25) is 0 Å². The summed E-state index contributed by atoms with van der Waals surface area (Å²) < 4.78 is 0. The molecule has 2 amide bonds. The lowest BCUT2D eigenvalue weighted by atomic mass is 10.1. The maximum atomic E-state index is 13.1. The van der Waals surface area contributed by atoms with Gasteiger partial charge in [-0.15, -0.1) is 0 Å². The van der Waals surface area contributed by atoms with Crippen molar-refractivity contribution in [2.24, 2.45) is 0 Å². The Morgan fingerprint density at radius 2 is 1.32 bits per heavy atom. The normalized spacial score (nSPS) is 11.2. The third-order valence-corrected chi connectivity index (χ3v) is 5.58. The van der Waals surface area contributed by atoms with E-state index in [4.69, 9.17) is 11.6 Å². The minimum absolute atomic E-state index is 0.0876. The van der Waals surface area contributed by atoms with Crippen molar-refractivity contribution in [1.82, 2.24) is 5.32 Å². The Bertz CT molecular complexity index is 1460. The van der Waals surface area contributed by atoms with Crippen LogP contribution >= 0.6 is 11.6 Å². The molecule has 0 spiro atoms. The average Bonchev–Trinajstić information content (AvgIpc) is 2.93. The van der Waals surface area contributed by atoms with Crippen LogP contribution in [0.25, 0.3) is 12.2 Å². The molecule has 182 valence electrons. The first kappa shape index (κ1) is 25.4. The van der Waals surface area contributed by atoms with Gasteiger partial charge in [-0.3, -0.25) is 14.4 Å². The predicted molar refractivity (Wildman–Crippen MR) is 148 cm³/mol. The van der Waals surface area contributed by atoms with E-state index in [0.29, 0.717) is 21.8 Å². The van der Waals surface area contributed by atoms with Gasteiger partial charge in [-0.2, -0.15) is 0 Å². The quantitative estimate of drug-likeness (QED) is 0.207. The summed E-state index contributed by atoms with van der Waals surface area (Å²) in [5, 5.41) is 6.08. The predicted octanol–water partition coefficient (Wildman–Crippen LogP) is 6.65. The highest BCUT2D eigenvalue weighted by Crippen LogP contribution is 2.15. The Labute approximate surface area is 220 Å². The number of nitrogens with one attached hydrogen (secondary N) is 2. The SMILES string of the molecule is O=C(Nc1ccc(C(=O)/C=C/c2cccc(Cl)c2)cc1)/C(=C/c1ccccc1)NC(=O)c1ccccc1. The third-order valence-electron chi connectivity index (χ3n) is 5.34. The van der Waals surface area contributed by atoms with E-state index in [9.17, 15) is 14.4 Å². The van der Waals surface area contributed by atoms with E-state index in [1.165, 1.54) is 6.08 Å². The molecule has 0 bridgehead atoms. The minimum atomic E-state index is -0.493. The number of hydrogen-bond acceptors (Lipinski definition) is 3. The zero-order valence-electron chi connectivity index (χ0n) is 19.7. The lowest BCUT2D eigenvalue weighted by Crippen LogP contribution is -2.30. The lowest BCUT2D eigenvalue weighted by Gasteiger charge is -2.12. The van der Waals surface area contributed by atoms with Gasteiger partial charge in [0.05, 0.1) is 0 Å². The second-order valence-electron chi connectivity index (χ2n) is 8.07. The molecule has 0 aliphatic carbocycles. The standard InChI is InChI=1S/C31H23ClN2O3/c32-26-13-7-10-23(20-26)14-19-29(35)24-15-17-27(18-16-24)33-31(37)28(21-22-8-3-1-4-9-22)34-30(36)25-11-5-2-6-12-25/h1-21H,(H,33,37)(H,34,36)/b19-14+,28-21-. The number of amides is 2. The van der Waals surface area contributed by atoms with E-state index in [1.807, 2.05) is 48.5 Å². The summed E-state index contributed by atoms with van der Waals surface area (Å²) >= 11 is 5.98. The zero-order valence-corrected chi connectivity index (χ0v) is 20.5. The highest BCUT2D eigenvalue weighted by Gasteiger charge is 2.15. The Kier molecular flexibility index (Phi) is 8.42. The monoisotopic (exact) mass is 506 g/mol. The van der Waals surface area contributed by atoms with Crippen LogP contribution in [0.5, 0.6) is 0 Å². The number of carbonyl (C=O) groups is 3. The van der Waals surface area contributed by atoms with Crippen molar-refractivity contribution >= 4 is 47.0 Å². The lowest BCUT2D eigenvalue weighted by molar-refractivity contribution is -0.113. The van der Waals surface area contributed by atoms with Gasteiger partial charge in [-0.05, 0) is 71.8 Å². The minimum Gasteiger partial charge on any atom is -0.321 e. The average molecular weight is 507 g/mol. The number of allylic oxidation sites excluding steroid dienone is 1. The van der Waals surface area contributed by atoms with Crippen molar-refractivity contribution in [2.45, 2.75) is 0 Å². The molecule has 0 aliphatic rings. The summed E-state index contributed by atoms with van der Waals surface area (Å²) in [4.78, 5) is 38.4. The number of halogens is 1. The molecule has 0 aliphatic heterocycles. The molecular weight excluding hydrogens is 484 g/mol. The molecule has 0 saturated carbocycles. The van der Waals surface area contributed by atoms with Gasteiger partial charge in [0, 0.05) is 21.8 Å². The van der Waals surface area contributed by atoms with Crippen LogP contribution in [-0.2, 0) is 4.79 Å². The number of hydrogen-bond donors (Lipinski definition) is 2. The Balaban J connectivity index is 1.47. The molecule has 37 heavy (non-hydrogen) atoms. The Morgan fingerprint density at radius 3 is 2.00 bits per heavy atom. The first-order valence-electron chi connectivity index (χ1n) is 11.5. The van der Waals surface area contributed by atoms with E-state index in [1.54, 1.807) is 72.8 Å². The Morgan fingerprint density at radius 1 is 0.676 bits per heavy atom. The number of rotatable bonds is 8. The van der Waals surface area contributed by atoms with Gasteiger partial charge in [-0.25, -0.2) is 0 Å². The number of benzene rings is 4. The molecule has 0 saturated heterocycles. The fourth-order valence-corrected chi connectivity index (χ4v) is 3.65. The largest absolute Gasteiger partial charge is 0.321 e. The van der Waals surface area contributed by atoms with E-state index >= 15 is 0 Å². The molecule has 4 aromatic carbocycles. The summed E-state index contributed by atoms with van der Waals surface area (Å²) in [6.07, 6.45) is 4.77. The van der Waals surface area contributed by atoms with E-state index < -0.39 is 11.8 Å². The topological polar surface area (TPSA) is 75.3 Å². The molecule has 2 N–H and O–H groups in total. The van der Waals surface area contributed by atoms with Crippen LogP contribution in [0.3, 0.4) is 0 Å². The van der Waals surface area contributed by atoms with Crippen molar-refractivity contribution in [3.05, 3.63) is 148 Å². The molecule has 5 nitrogen and oxygen atoms in total. The van der Waals surface area contributed by atoms with Crippen molar-refractivity contribution in [3.63, 3.8) is 0 Å². The van der Waals surface area contributed by atoms with Crippen molar-refractivity contribution in [3.8, 4) is 0 Å². The van der Waals surface area contributed by atoms with Crippen LogP contribution < -0.4 is 10.6 Å². The second-order valence-corrected chi connectivity index (χ2v) is 8.51. The maximum Gasteiger partial charge on any atom is 0.272 e. The van der Waals surface area contributed by atoms with Crippen LogP contribution in [0.15, 0.2) is 121 Å². The van der Waals surface area contributed by atoms with Gasteiger partial charge >= 0.3 is 0 Å². The summed E-state index contributed by atoms with van der Waals surface area (Å²) in [5.74, 6) is -1.07. The number of carbonyl (C=O) groups excluding carboxylic acids is 3. The third kappa shape index (κ3) is 7.37. The smallest absolute Gasteiger partial charge is 0.272 e. The van der Waals surface area contributed by atoms with Crippen LogP contribution in [0.1, 0.15) is 31.8 Å².